The number of methoxy groups -OCH3 is 1. The summed E-state index contributed by atoms with van der Waals surface area (Å²) in [5.74, 6) is 0.719. The monoisotopic (exact) mass is 231 g/mol. The van der Waals surface area contributed by atoms with Crippen LogP contribution in [0.25, 0.3) is 0 Å². The lowest BCUT2D eigenvalue weighted by molar-refractivity contribution is 0.102. The first-order chi connectivity index (χ1) is 8.27. The first kappa shape index (κ1) is 11.3. The second kappa shape index (κ2) is 4.78. The van der Waals surface area contributed by atoms with Crippen molar-refractivity contribution in [1.82, 2.24) is 14.5 Å². The third-order valence-corrected chi connectivity index (χ3v) is 2.51. The van der Waals surface area contributed by atoms with Crippen LogP contribution in [0, 0.1) is 0 Å². The smallest absolute Gasteiger partial charge is 0.232 e. The lowest BCUT2D eigenvalue weighted by atomic mass is 10.1. The number of nitrogens with zero attached hydrogens (tertiary/aromatic N) is 3. The summed E-state index contributed by atoms with van der Waals surface area (Å²) in [5.41, 5.74) is 0.475. The Morgan fingerprint density at radius 3 is 3.00 bits per heavy atom. The Labute approximate surface area is 99.1 Å². The van der Waals surface area contributed by atoms with E-state index in [0.717, 1.165) is 0 Å². The Morgan fingerprint density at radius 2 is 2.29 bits per heavy atom. The molecule has 0 fully saturated rings. The average molecular weight is 231 g/mol. The molecule has 2 heterocycles. The molecule has 88 valence electrons. The number of rotatable bonds is 4. The summed E-state index contributed by atoms with van der Waals surface area (Å²) in [6.45, 7) is 2.66. The lowest BCUT2D eigenvalue weighted by Crippen LogP contribution is -2.11. The number of aryl methyl sites for hydroxylation is 1. The maximum Gasteiger partial charge on any atom is 0.232 e. The fraction of sp³-hybridized carbons (Fsp3) is 0.250. The van der Waals surface area contributed by atoms with Gasteiger partial charge in [-0.15, -0.1) is 0 Å². The minimum absolute atomic E-state index is 0.156. The highest BCUT2D eigenvalue weighted by Gasteiger charge is 2.18. The van der Waals surface area contributed by atoms with Crippen LogP contribution in [0.15, 0.2) is 30.9 Å². The van der Waals surface area contributed by atoms with Gasteiger partial charge in [0.25, 0.3) is 0 Å². The Morgan fingerprint density at radius 1 is 1.47 bits per heavy atom. The third-order valence-electron chi connectivity index (χ3n) is 2.51. The van der Waals surface area contributed by atoms with Gasteiger partial charge in [-0.25, -0.2) is 4.98 Å². The van der Waals surface area contributed by atoms with Crippen molar-refractivity contribution >= 4 is 5.78 Å². The molecule has 0 aromatic carbocycles. The average Bonchev–Trinajstić information content (AvgIpc) is 2.86. The molecule has 0 aliphatic heterocycles. The van der Waals surface area contributed by atoms with E-state index in [1.807, 2.05) is 6.92 Å². The first-order valence-electron chi connectivity index (χ1n) is 5.31. The Hall–Kier alpha value is -2.17. The normalized spacial score (nSPS) is 10.2. The minimum Gasteiger partial charge on any atom is -0.494 e. The fourth-order valence-electron chi connectivity index (χ4n) is 1.62. The standard InChI is InChI=1S/C12H13N3O2/c1-3-15-7-6-14-12(15)11(16)9-4-5-13-8-10(9)17-2/h4-8H,3H2,1-2H3. The fourth-order valence-corrected chi connectivity index (χ4v) is 1.62. The topological polar surface area (TPSA) is 57.0 Å². The van der Waals surface area contributed by atoms with E-state index in [9.17, 15) is 4.79 Å². The van der Waals surface area contributed by atoms with Crippen molar-refractivity contribution in [3.8, 4) is 5.75 Å². The number of carbonyl (C=O) groups is 1. The molecule has 0 N–H and O–H groups in total. The Kier molecular flexibility index (Phi) is 3.18. The van der Waals surface area contributed by atoms with E-state index in [1.165, 1.54) is 13.3 Å². The number of ketones is 1. The zero-order valence-corrected chi connectivity index (χ0v) is 9.75. The SMILES string of the molecule is CCn1ccnc1C(=O)c1ccncc1OC. The van der Waals surface area contributed by atoms with Crippen molar-refractivity contribution in [3.05, 3.63) is 42.2 Å². The van der Waals surface area contributed by atoms with Crippen LogP contribution in [0.2, 0.25) is 0 Å². The largest absolute Gasteiger partial charge is 0.494 e. The molecule has 2 aromatic rings. The van der Waals surface area contributed by atoms with E-state index in [0.29, 0.717) is 23.7 Å². The van der Waals surface area contributed by atoms with Gasteiger partial charge in [-0.2, -0.15) is 0 Å². The Balaban J connectivity index is 2.44. The molecule has 2 aromatic heterocycles. The molecule has 0 saturated carbocycles. The number of aromatic nitrogens is 3. The van der Waals surface area contributed by atoms with Gasteiger partial charge in [0.1, 0.15) is 5.75 Å². The summed E-state index contributed by atoms with van der Waals surface area (Å²) < 4.78 is 6.91. The van der Waals surface area contributed by atoms with E-state index in [-0.39, 0.29) is 5.78 Å². The van der Waals surface area contributed by atoms with Gasteiger partial charge in [-0.05, 0) is 13.0 Å². The number of ether oxygens (including phenoxy) is 1. The minimum atomic E-state index is -0.156. The van der Waals surface area contributed by atoms with Crippen molar-refractivity contribution in [2.75, 3.05) is 7.11 Å². The van der Waals surface area contributed by atoms with E-state index in [2.05, 4.69) is 9.97 Å². The molecular formula is C12H13N3O2. The zero-order chi connectivity index (χ0) is 12.3. The maximum absolute atomic E-state index is 12.3. The summed E-state index contributed by atoms with van der Waals surface area (Å²) in [7, 11) is 1.51. The van der Waals surface area contributed by atoms with Crippen LogP contribution in [-0.4, -0.2) is 27.4 Å². The zero-order valence-electron chi connectivity index (χ0n) is 9.75. The molecule has 0 spiro atoms. The molecule has 5 heteroatoms. The summed E-state index contributed by atoms with van der Waals surface area (Å²) >= 11 is 0. The van der Waals surface area contributed by atoms with Crippen LogP contribution in [0.5, 0.6) is 5.75 Å². The molecule has 0 atom stereocenters. The molecule has 0 bridgehead atoms. The number of carbonyl (C=O) groups excluding carboxylic acids is 1. The highest BCUT2D eigenvalue weighted by molar-refractivity contribution is 6.08. The second-order valence-corrected chi connectivity index (χ2v) is 3.44. The molecular weight excluding hydrogens is 218 g/mol. The van der Waals surface area contributed by atoms with Crippen LogP contribution in [0.1, 0.15) is 23.1 Å². The predicted molar refractivity (Wildman–Crippen MR) is 62.1 cm³/mol. The summed E-state index contributed by atoms with van der Waals surface area (Å²) in [6, 6.07) is 1.63. The molecule has 0 unspecified atom stereocenters. The van der Waals surface area contributed by atoms with Gasteiger partial charge >= 0.3 is 0 Å². The van der Waals surface area contributed by atoms with E-state index >= 15 is 0 Å². The predicted octanol–water partition coefficient (Wildman–Crippen LogP) is 1.54. The maximum atomic E-state index is 12.3. The Bertz CT molecular complexity index is 534. The van der Waals surface area contributed by atoms with E-state index in [1.54, 1.807) is 29.2 Å². The first-order valence-corrected chi connectivity index (χ1v) is 5.31. The molecule has 0 radical (unpaired) electrons. The molecule has 17 heavy (non-hydrogen) atoms. The van der Waals surface area contributed by atoms with Crippen LogP contribution >= 0.6 is 0 Å². The van der Waals surface area contributed by atoms with Crippen LogP contribution < -0.4 is 4.74 Å². The van der Waals surface area contributed by atoms with Crippen molar-refractivity contribution in [3.63, 3.8) is 0 Å². The number of imidazole rings is 1. The van der Waals surface area contributed by atoms with Crippen LogP contribution in [0.3, 0.4) is 0 Å². The van der Waals surface area contributed by atoms with Gasteiger partial charge in [-0.3, -0.25) is 9.78 Å². The van der Waals surface area contributed by atoms with Gasteiger partial charge in [0.15, 0.2) is 5.82 Å². The number of hydrogen-bond donors (Lipinski definition) is 0. The summed E-state index contributed by atoms with van der Waals surface area (Å²) in [5, 5.41) is 0. The molecule has 0 aliphatic rings. The quantitative estimate of drug-likeness (QED) is 0.749. The van der Waals surface area contributed by atoms with Crippen molar-refractivity contribution in [2.24, 2.45) is 0 Å². The number of pyridine rings is 1. The van der Waals surface area contributed by atoms with Crippen molar-refractivity contribution < 1.29 is 9.53 Å². The van der Waals surface area contributed by atoms with Crippen molar-refractivity contribution in [1.29, 1.82) is 0 Å². The van der Waals surface area contributed by atoms with Gasteiger partial charge in [0.2, 0.25) is 5.78 Å². The van der Waals surface area contributed by atoms with Crippen LogP contribution in [0.4, 0.5) is 0 Å². The molecule has 0 aliphatic carbocycles. The summed E-state index contributed by atoms with van der Waals surface area (Å²) in [4.78, 5) is 20.3. The van der Waals surface area contributed by atoms with E-state index < -0.39 is 0 Å². The van der Waals surface area contributed by atoms with Gasteiger partial charge < -0.3 is 9.30 Å². The third kappa shape index (κ3) is 2.04. The highest BCUT2D eigenvalue weighted by atomic mass is 16.5. The molecule has 2 rings (SSSR count). The highest BCUT2D eigenvalue weighted by Crippen LogP contribution is 2.19. The van der Waals surface area contributed by atoms with Gasteiger partial charge in [0.05, 0.1) is 18.9 Å². The molecule has 0 amide bonds. The second-order valence-electron chi connectivity index (χ2n) is 3.44. The number of hydrogen-bond acceptors (Lipinski definition) is 4. The van der Waals surface area contributed by atoms with Gasteiger partial charge in [0, 0.05) is 25.1 Å². The van der Waals surface area contributed by atoms with Crippen molar-refractivity contribution in [2.45, 2.75) is 13.5 Å². The summed E-state index contributed by atoms with van der Waals surface area (Å²) in [6.07, 6.45) is 6.48. The van der Waals surface area contributed by atoms with Crippen LogP contribution in [-0.2, 0) is 6.54 Å². The molecule has 0 saturated heterocycles. The molecule has 5 nitrogen and oxygen atoms in total. The van der Waals surface area contributed by atoms with E-state index in [4.69, 9.17) is 4.74 Å². The van der Waals surface area contributed by atoms with Gasteiger partial charge in [-0.1, -0.05) is 0 Å². The lowest BCUT2D eigenvalue weighted by Gasteiger charge is -2.07.